The van der Waals surface area contributed by atoms with E-state index in [1.165, 1.54) is 0 Å². The molecule has 1 unspecified atom stereocenters. The van der Waals surface area contributed by atoms with E-state index in [0.29, 0.717) is 36.2 Å². The lowest BCUT2D eigenvalue weighted by molar-refractivity contribution is 0.0162. The van der Waals surface area contributed by atoms with Crippen LogP contribution in [0.25, 0.3) is 0 Å². The van der Waals surface area contributed by atoms with Crippen molar-refractivity contribution in [2.24, 2.45) is 0 Å². The lowest BCUT2D eigenvalue weighted by Gasteiger charge is -2.35. The number of hydrogen-bond acceptors (Lipinski definition) is 5. The van der Waals surface area contributed by atoms with Gasteiger partial charge < -0.3 is 14.6 Å². The fourth-order valence-corrected chi connectivity index (χ4v) is 3.01. The lowest BCUT2D eigenvalue weighted by atomic mass is 10.0. The first-order chi connectivity index (χ1) is 11.6. The molecule has 1 aromatic heterocycles. The van der Waals surface area contributed by atoms with Crippen LogP contribution in [0.3, 0.4) is 0 Å². The number of rotatable bonds is 5. The van der Waals surface area contributed by atoms with Gasteiger partial charge in [0.1, 0.15) is 5.76 Å². The van der Waals surface area contributed by atoms with E-state index in [1.807, 2.05) is 24.3 Å². The quantitative estimate of drug-likeness (QED) is 0.898. The van der Waals surface area contributed by atoms with Crippen molar-refractivity contribution < 1.29 is 14.1 Å². The first-order valence-electron chi connectivity index (χ1n) is 7.92. The Hall–Kier alpha value is -1.89. The van der Waals surface area contributed by atoms with E-state index in [0.717, 1.165) is 18.7 Å². The molecule has 1 N–H and O–H groups in total. The molecule has 7 heteroatoms. The third-order valence-electron chi connectivity index (χ3n) is 4.04. The van der Waals surface area contributed by atoms with Crippen LogP contribution in [-0.2, 0) is 4.74 Å². The highest BCUT2D eigenvalue weighted by Crippen LogP contribution is 2.24. The summed E-state index contributed by atoms with van der Waals surface area (Å²) in [6.07, 6.45) is 0. The Morgan fingerprint density at radius 2 is 2.17 bits per heavy atom. The maximum Gasteiger partial charge on any atom is 0.273 e. The van der Waals surface area contributed by atoms with Gasteiger partial charge in [-0.1, -0.05) is 28.9 Å². The van der Waals surface area contributed by atoms with Gasteiger partial charge in [0, 0.05) is 30.7 Å². The number of nitrogens with one attached hydrogen (secondary N) is 1. The number of aryl methyl sites for hydroxylation is 1. The molecule has 2 aromatic rings. The zero-order chi connectivity index (χ0) is 16.9. The Balaban J connectivity index is 1.73. The van der Waals surface area contributed by atoms with Gasteiger partial charge >= 0.3 is 0 Å². The van der Waals surface area contributed by atoms with Gasteiger partial charge in [0.2, 0.25) is 0 Å². The molecule has 1 aliphatic rings. The summed E-state index contributed by atoms with van der Waals surface area (Å²) in [5.41, 5.74) is 1.36. The van der Waals surface area contributed by atoms with Crippen LogP contribution in [0.1, 0.15) is 27.9 Å². The van der Waals surface area contributed by atoms with Crippen LogP contribution in [0.5, 0.6) is 0 Å². The number of ether oxygens (including phenoxy) is 1. The van der Waals surface area contributed by atoms with E-state index in [2.05, 4.69) is 15.4 Å². The van der Waals surface area contributed by atoms with Crippen LogP contribution in [0, 0.1) is 6.92 Å². The second-order valence-corrected chi connectivity index (χ2v) is 6.19. The summed E-state index contributed by atoms with van der Waals surface area (Å²) in [7, 11) is 0. The molecule has 128 valence electrons. The van der Waals surface area contributed by atoms with Gasteiger partial charge in [-0.3, -0.25) is 9.69 Å². The topological polar surface area (TPSA) is 67.6 Å². The summed E-state index contributed by atoms with van der Waals surface area (Å²) < 4.78 is 10.4. The molecule has 0 spiro atoms. The molecule has 24 heavy (non-hydrogen) atoms. The summed E-state index contributed by atoms with van der Waals surface area (Å²) in [5.74, 6) is 0.367. The highest BCUT2D eigenvalue weighted by atomic mass is 35.5. The number of carbonyl (C=O) groups is 1. The van der Waals surface area contributed by atoms with Crippen molar-refractivity contribution in [2.45, 2.75) is 13.0 Å². The van der Waals surface area contributed by atoms with Crippen molar-refractivity contribution in [1.82, 2.24) is 15.4 Å². The standard InChI is InChI=1S/C17H20ClN3O3/c1-12-9-15(20-24-12)17(22)19-11-16(21-5-7-23-8-6-21)13-3-2-4-14(18)10-13/h2-4,9-10,16H,5-8,11H2,1H3,(H,19,22). The average molecular weight is 350 g/mol. The number of nitrogens with zero attached hydrogens (tertiary/aromatic N) is 2. The van der Waals surface area contributed by atoms with Gasteiger partial charge in [0.05, 0.1) is 19.3 Å². The Labute approximate surface area is 145 Å². The van der Waals surface area contributed by atoms with E-state index < -0.39 is 0 Å². The summed E-state index contributed by atoms with van der Waals surface area (Å²) in [6.45, 7) is 5.23. The Morgan fingerprint density at radius 1 is 1.38 bits per heavy atom. The minimum Gasteiger partial charge on any atom is -0.379 e. The predicted octanol–water partition coefficient (Wildman–Crippen LogP) is 2.44. The third-order valence-corrected chi connectivity index (χ3v) is 4.27. The van der Waals surface area contributed by atoms with Crippen LogP contribution < -0.4 is 5.32 Å². The first kappa shape index (κ1) is 17.0. The molecule has 0 saturated carbocycles. The molecule has 1 aromatic carbocycles. The largest absolute Gasteiger partial charge is 0.379 e. The average Bonchev–Trinajstić information content (AvgIpc) is 3.02. The van der Waals surface area contributed by atoms with Crippen LogP contribution in [0.2, 0.25) is 5.02 Å². The summed E-state index contributed by atoms with van der Waals surface area (Å²) >= 11 is 6.14. The smallest absolute Gasteiger partial charge is 0.273 e. The van der Waals surface area contributed by atoms with E-state index in [-0.39, 0.29) is 11.9 Å². The molecule has 0 aliphatic carbocycles. The van der Waals surface area contributed by atoms with E-state index in [9.17, 15) is 4.79 Å². The molecular formula is C17H20ClN3O3. The Kier molecular flexibility index (Phi) is 5.50. The molecule has 0 bridgehead atoms. The van der Waals surface area contributed by atoms with E-state index in [4.69, 9.17) is 20.9 Å². The van der Waals surface area contributed by atoms with Crippen molar-refractivity contribution in [3.63, 3.8) is 0 Å². The van der Waals surface area contributed by atoms with E-state index >= 15 is 0 Å². The molecule has 1 atom stereocenters. The minimum absolute atomic E-state index is 0.0320. The predicted molar refractivity (Wildman–Crippen MR) is 90.2 cm³/mol. The van der Waals surface area contributed by atoms with Gasteiger partial charge in [-0.2, -0.15) is 0 Å². The van der Waals surface area contributed by atoms with Crippen LogP contribution in [0.15, 0.2) is 34.9 Å². The van der Waals surface area contributed by atoms with E-state index in [1.54, 1.807) is 13.0 Å². The van der Waals surface area contributed by atoms with Crippen LogP contribution >= 0.6 is 11.6 Å². The Morgan fingerprint density at radius 3 is 2.83 bits per heavy atom. The van der Waals surface area contributed by atoms with Crippen molar-refractivity contribution >= 4 is 17.5 Å². The number of morpholine rings is 1. The molecule has 1 saturated heterocycles. The number of amides is 1. The van der Waals surface area contributed by atoms with Gasteiger partial charge in [-0.15, -0.1) is 0 Å². The van der Waals surface area contributed by atoms with Crippen molar-refractivity contribution in [3.8, 4) is 0 Å². The summed E-state index contributed by atoms with van der Waals surface area (Å²) in [6, 6.07) is 9.39. The van der Waals surface area contributed by atoms with Gasteiger partial charge in [-0.25, -0.2) is 0 Å². The second kappa shape index (κ2) is 7.79. The highest BCUT2D eigenvalue weighted by molar-refractivity contribution is 6.30. The Bertz CT molecular complexity index is 698. The number of aromatic nitrogens is 1. The minimum atomic E-state index is -0.243. The molecule has 2 heterocycles. The van der Waals surface area contributed by atoms with Gasteiger partial charge in [-0.05, 0) is 24.6 Å². The van der Waals surface area contributed by atoms with Gasteiger partial charge in [0.25, 0.3) is 5.91 Å². The monoisotopic (exact) mass is 349 g/mol. The first-order valence-corrected chi connectivity index (χ1v) is 8.30. The maximum absolute atomic E-state index is 12.2. The fourth-order valence-electron chi connectivity index (χ4n) is 2.81. The second-order valence-electron chi connectivity index (χ2n) is 5.75. The fraction of sp³-hybridized carbons (Fsp3) is 0.412. The number of carbonyl (C=O) groups excluding carboxylic acids is 1. The molecule has 1 fully saturated rings. The lowest BCUT2D eigenvalue weighted by Crippen LogP contribution is -2.43. The maximum atomic E-state index is 12.2. The van der Waals surface area contributed by atoms with Crippen molar-refractivity contribution in [2.75, 3.05) is 32.8 Å². The normalized spacial score (nSPS) is 16.8. The molecule has 0 radical (unpaired) electrons. The number of benzene rings is 1. The molecule has 1 aliphatic heterocycles. The van der Waals surface area contributed by atoms with Crippen molar-refractivity contribution in [3.05, 3.63) is 52.4 Å². The van der Waals surface area contributed by atoms with Crippen LogP contribution in [0.4, 0.5) is 0 Å². The molecule has 6 nitrogen and oxygen atoms in total. The third kappa shape index (κ3) is 4.14. The van der Waals surface area contributed by atoms with Gasteiger partial charge in [0.15, 0.2) is 5.69 Å². The zero-order valence-electron chi connectivity index (χ0n) is 13.5. The highest BCUT2D eigenvalue weighted by Gasteiger charge is 2.24. The van der Waals surface area contributed by atoms with Crippen LogP contribution in [-0.4, -0.2) is 48.8 Å². The van der Waals surface area contributed by atoms with Crippen molar-refractivity contribution in [1.29, 1.82) is 0 Å². The number of halogens is 1. The molecule has 3 rings (SSSR count). The SMILES string of the molecule is Cc1cc(C(=O)NCC(c2cccc(Cl)c2)N2CCOCC2)no1. The number of hydrogen-bond donors (Lipinski definition) is 1. The molecule has 1 amide bonds. The molecular weight excluding hydrogens is 330 g/mol. The summed E-state index contributed by atoms with van der Waals surface area (Å²) in [5, 5.41) is 7.38. The zero-order valence-corrected chi connectivity index (χ0v) is 14.3. The summed E-state index contributed by atoms with van der Waals surface area (Å²) in [4.78, 5) is 14.5.